The molecule has 0 saturated heterocycles. The molecule has 2 rings (SSSR count). The third-order valence-electron chi connectivity index (χ3n) is 2.70. The minimum atomic E-state index is 0.519. The van der Waals surface area contributed by atoms with Crippen molar-refractivity contribution < 1.29 is 0 Å². The Kier molecular flexibility index (Phi) is 2.63. The molecular weight excluding hydrogens is 176 g/mol. The number of aromatic nitrogens is 2. The predicted octanol–water partition coefficient (Wildman–Crippen LogP) is 0.934. The summed E-state index contributed by atoms with van der Waals surface area (Å²) >= 11 is 0. The molecular formula is C10H16N4. The van der Waals surface area contributed by atoms with Crippen LogP contribution in [0.1, 0.15) is 18.5 Å². The van der Waals surface area contributed by atoms with E-state index < -0.39 is 0 Å². The number of hydrogen-bond acceptors (Lipinski definition) is 4. The van der Waals surface area contributed by atoms with Gasteiger partial charge < -0.3 is 11.1 Å². The summed E-state index contributed by atoms with van der Waals surface area (Å²) in [7, 11) is 0. The number of nitrogens with zero attached hydrogens (tertiary/aromatic N) is 2. The third-order valence-corrected chi connectivity index (χ3v) is 2.70. The van der Waals surface area contributed by atoms with Gasteiger partial charge >= 0.3 is 0 Å². The Bertz CT molecular complexity index is 307. The van der Waals surface area contributed by atoms with Crippen molar-refractivity contribution >= 4 is 5.95 Å². The van der Waals surface area contributed by atoms with Gasteiger partial charge in [-0.15, -0.1) is 0 Å². The maximum absolute atomic E-state index is 5.55. The van der Waals surface area contributed by atoms with Gasteiger partial charge in [0.1, 0.15) is 0 Å². The van der Waals surface area contributed by atoms with Crippen LogP contribution in [0.3, 0.4) is 0 Å². The summed E-state index contributed by atoms with van der Waals surface area (Å²) in [5, 5.41) is 3.31. The molecule has 1 aromatic heterocycles. The maximum Gasteiger partial charge on any atom is 0.223 e. The van der Waals surface area contributed by atoms with E-state index in [-0.39, 0.29) is 0 Å². The van der Waals surface area contributed by atoms with Crippen molar-refractivity contribution in [1.82, 2.24) is 9.97 Å². The fourth-order valence-corrected chi connectivity index (χ4v) is 1.75. The SMILES string of the molecule is Cc1ccnc(NC2CC(CN)C2)n1. The molecule has 1 saturated carbocycles. The normalized spacial score (nSPS) is 25.6. The summed E-state index contributed by atoms with van der Waals surface area (Å²) < 4.78 is 0. The van der Waals surface area contributed by atoms with Crippen LogP contribution in [0.2, 0.25) is 0 Å². The van der Waals surface area contributed by atoms with E-state index in [2.05, 4.69) is 15.3 Å². The Morgan fingerprint density at radius 2 is 2.36 bits per heavy atom. The zero-order valence-electron chi connectivity index (χ0n) is 8.40. The molecule has 1 aliphatic rings. The number of nitrogens with one attached hydrogen (secondary N) is 1. The van der Waals surface area contributed by atoms with Gasteiger partial charge in [-0.05, 0) is 38.3 Å². The average Bonchev–Trinajstić information content (AvgIpc) is 2.10. The molecule has 1 aromatic rings. The molecule has 0 unspecified atom stereocenters. The molecule has 1 fully saturated rings. The molecule has 1 heterocycles. The summed E-state index contributed by atoms with van der Waals surface area (Å²) in [5.74, 6) is 1.43. The molecule has 3 N–H and O–H groups in total. The highest BCUT2D eigenvalue weighted by molar-refractivity contribution is 5.27. The van der Waals surface area contributed by atoms with E-state index in [1.807, 2.05) is 13.0 Å². The fraction of sp³-hybridized carbons (Fsp3) is 0.600. The first kappa shape index (κ1) is 9.40. The van der Waals surface area contributed by atoms with Gasteiger partial charge in [-0.1, -0.05) is 0 Å². The van der Waals surface area contributed by atoms with Gasteiger partial charge in [0, 0.05) is 17.9 Å². The quantitative estimate of drug-likeness (QED) is 0.748. The van der Waals surface area contributed by atoms with Crippen LogP contribution in [0.15, 0.2) is 12.3 Å². The van der Waals surface area contributed by atoms with Crippen molar-refractivity contribution in [3.63, 3.8) is 0 Å². The molecule has 0 radical (unpaired) electrons. The van der Waals surface area contributed by atoms with Crippen LogP contribution in [-0.4, -0.2) is 22.6 Å². The standard InChI is InChI=1S/C10H16N4/c1-7-2-3-12-10(13-7)14-9-4-8(5-9)6-11/h2-3,8-9H,4-6,11H2,1H3,(H,12,13,14). The summed E-state index contributed by atoms with van der Waals surface area (Å²) in [6.45, 7) is 2.77. The second kappa shape index (κ2) is 3.92. The maximum atomic E-state index is 5.55. The summed E-state index contributed by atoms with van der Waals surface area (Å²) in [6, 6.07) is 2.42. The van der Waals surface area contributed by atoms with E-state index in [9.17, 15) is 0 Å². The summed E-state index contributed by atoms with van der Waals surface area (Å²) in [4.78, 5) is 8.45. The zero-order valence-corrected chi connectivity index (χ0v) is 8.40. The highest BCUT2D eigenvalue weighted by Gasteiger charge is 2.28. The van der Waals surface area contributed by atoms with Gasteiger partial charge in [0.15, 0.2) is 0 Å². The van der Waals surface area contributed by atoms with Crippen LogP contribution in [-0.2, 0) is 0 Å². The lowest BCUT2D eigenvalue weighted by molar-refractivity contribution is 0.290. The largest absolute Gasteiger partial charge is 0.351 e. The number of rotatable bonds is 3. The van der Waals surface area contributed by atoms with Gasteiger partial charge in [-0.3, -0.25) is 0 Å². The van der Waals surface area contributed by atoms with E-state index >= 15 is 0 Å². The molecule has 0 bridgehead atoms. The number of aryl methyl sites for hydroxylation is 1. The van der Waals surface area contributed by atoms with Crippen LogP contribution in [0.25, 0.3) is 0 Å². The molecule has 4 heteroatoms. The van der Waals surface area contributed by atoms with Crippen LogP contribution in [0.5, 0.6) is 0 Å². The van der Waals surface area contributed by atoms with E-state index in [4.69, 9.17) is 5.73 Å². The van der Waals surface area contributed by atoms with Crippen LogP contribution >= 0.6 is 0 Å². The Balaban J connectivity index is 1.87. The molecule has 1 aliphatic carbocycles. The topological polar surface area (TPSA) is 63.8 Å². The van der Waals surface area contributed by atoms with Crippen molar-refractivity contribution in [2.24, 2.45) is 11.7 Å². The van der Waals surface area contributed by atoms with Gasteiger partial charge in [-0.25, -0.2) is 9.97 Å². The molecule has 0 spiro atoms. The number of nitrogens with two attached hydrogens (primary N) is 1. The zero-order chi connectivity index (χ0) is 9.97. The van der Waals surface area contributed by atoms with Crippen molar-refractivity contribution in [2.45, 2.75) is 25.8 Å². The number of anilines is 1. The highest BCUT2D eigenvalue weighted by atomic mass is 15.1. The van der Waals surface area contributed by atoms with Crippen molar-refractivity contribution in [3.8, 4) is 0 Å². The second-order valence-electron chi connectivity index (χ2n) is 3.94. The van der Waals surface area contributed by atoms with Crippen LogP contribution in [0.4, 0.5) is 5.95 Å². The minimum absolute atomic E-state index is 0.519. The van der Waals surface area contributed by atoms with Gasteiger partial charge in [0.05, 0.1) is 0 Å². The molecule has 0 aliphatic heterocycles. The van der Waals surface area contributed by atoms with Gasteiger partial charge in [0.2, 0.25) is 5.95 Å². The van der Waals surface area contributed by atoms with Gasteiger partial charge in [-0.2, -0.15) is 0 Å². The van der Waals surface area contributed by atoms with Crippen molar-refractivity contribution in [2.75, 3.05) is 11.9 Å². The summed E-state index contributed by atoms with van der Waals surface area (Å²) in [5.41, 5.74) is 6.55. The van der Waals surface area contributed by atoms with E-state index in [1.54, 1.807) is 6.20 Å². The van der Waals surface area contributed by atoms with E-state index in [1.165, 1.54) is 0 Å². The lowest BCUT2D eigenvalue weighted by atomic mass is 9.80. The Morgan fingerprint density at radius 1 is 1.57 bits per heavy atom. The van der Waals surface area contributed by atoms with E-state index in [0.717, 1.165) is 31.0 Å². The van der Waals surface area contributed by atoms with Crippen molar-refractivity contribution in [1.29, 1.82) is 0 Å². The third kappa shape index (κ3) is 2.01. The minimum Gasteiger partial charge on any atom is -0.351 e. The predicted molar refractivity (Wildman–Crippen MR) is 56.0 cm³/mol. The second-order valence-corrected chi connectivity index (χ2v) is 3.94. The van der Waals surface area contributed by atoms with Crippen molar-refractivity contribution in [3.05, 3.63) is 18.0 Å². The van der Waals surface area contributed by atoms with Crippen LogP contribution in [0, 0.1) is 12.8 Å². The lowest BCUT2D eigenvalue weighted by Crippen LogP contribution is -2.39. The first-order valence-electron chi connectivity index (χ1n) is 5.04. The highest BCUT2D eigenvalue weighted by Crippen LogP contribution is 2.28. The lowest BCUT2D eigenvalue weighted by Gasteiger charge is -2.34. The number of hydrogen-bond donors (Lipinski definition) is 2. The summed E-state index contributed by atoms with van der Waals surface area (Å²) in [6.07, 6.45) is 4.07. The molecule has 0 atom stereocenters. The smallest absolute Gasteiger partial charge is 0.223 e. The molecule has 0 amide bonds. The monoisotopic (exact) mass is 192 g/mol. The first-order valence-corrected chi connectivity index (χ1v) is 5.04. The van der Waals surface area contributed by atoms with E-state index in [0.29, 0.717) is 12.0 Å². The average molecular weight is 192 g/mol. The van der Waals surface area contributed by atoms with Crippen LogP contribution < -0.4 is 11.1 Å². The molecule has 0 aromatic carbocycles. The Morgan fingerprint density at radius 3 is 3.00 bits per heavy atom. The Hall–Kier alpha value is -1.16. The first-order chi connectivity index (χ1) is 6.78. The molecule has 76 valence electrons. The van der Waals surface area contributed by atoms with Gasteiger partial charge in [0.25, 0.3) is 0 Å². The molecule has 4 nitrogen and oxygen atoms in total. The Labute approximate surface area is 83.9 Å². The fourth-order valence-electron chi connectivity index (χ4n) is 1.75. The molecule has 14 heavy (non-hydrogen) atoms.